The largest absolute Gasteiger partial charge is 0.396 e. The van der Waals surface area contributed by atoms with E-state index in [1.54, 1.807) is 0 Å². The summed E-state index contributed by atoms with van der Waals surface area (Å²) in [6, 6.07) is 0. The van der Waals surface area contributed by atoms with Gasteiger partial charge >= 0.3 is 0 Å². The predicted molar refractivity (Wildman–Crippen MR) is 76.8 cm³/mol. The maximum absolute atomic E-state index is 8.66. The zero-order chi connectivity index (χ0) is 13.1. The molecular weight excluding hydrogens is 224 g/mol. The molecule has 0 saturated carbocycles. The number of hydrogen-bond acceptors (Lipinski definition) is 2. The third-order valence-electron chi connectivity index (χ3n) is 3.93. The van der Waals surface area contributed by atoms with Crippen LogP contribution in [0.1, 0.15) is 84.0 Å². The number of epoxide rings is 1. The van der Waals surface area contributed by atoms with Crippen LogP contribution in [0, 0.1) is 0 Å². The smallest absolute Gasteiger partial charge is 0.0841 e. The summed E-state index contributed by atoms with van der Waals surface area (Å²) < 4.78 is 5.67. The van der Waals surface area contributed by atoms with Crippen molar-refractivity contribution in [3.63, 3.8) is 0 Å². The minimum absolute atomic E-state index is 0.362. The zero-order valence-electron chi connectivity index (χ0n) is 12.2. The molecule has 0 amide bonds. The standard InChI is InChI=1S/C16H32O2/c1-2-3-12-15-16(18-15)13-10-8-6-4-5-7-9-11-14-17/h15-17H,2-14H2,1H3/t15-,16+/m0/s1. The van der Waals surface area contributed by atoms with Crippen molar-refractivity contribution in [2.75, 3.05) is 6.61 Å². The average Bonchev–Trinajstić information content (AvgIpc) is 3.13. The Morgan fingerprint density at radius 3 is 1.78 bits per heavy atom. The molecule has 0 unspecified atom stereocenters. The Morgan fingerprint density at radius 2 is 1.22 bits per heavy atom. The van der Waals surface area contributed by atoms with Crippen molar-refractivity contribution < 1.29 is 9.84 Å². The van der Waals surface area contributed by atoms with Crippen LogP contribution in [0.4, 0.5) is 0 Å². The summed E-state index contributed by atoms with van der Waals surface area (Å²) in [6.07, 6.45) is 16.7. The fraction of sp³-hybridized carbons (Fsp3) is 1.00. The summed E-state index contributed by atoms with van der Waals surface area (Å²) in [7, 11) is 0. The Hall–Kier alpha value is -0.0800. The normalized spacial score (nSPS) is 22.3. The van der Waals surface area contributed by atoms with E-state index in [0.717, 1.165) is 6.42 Å². The minimum Gasteiger partial charge on any atom is -0.396 e. The highest BCUT2D eigenvalue weighted by atomic mass is 16.6. The number of rotatable bonds is 13. The lowest BCUT2D eigenvalue weighted by molar-refractivity contribution is 0.282. The summed E-state index contributed by atoms with van der Waals surface area (Å²) in [6.45, 7) is 2.61. The quantitative estimate of drug-likeness (QED) is 0.390. The first kappa shape index (κ1) is 16.0. The van der Waals surface area contributed by atoms with Gasteiger partial charge in [-0.05, 0) is 19.3 Å². The van der Waals surface area contributed by atoms with Crippen molar-refractivity contribution in [3.8, 4) is 0 Å². The van der Waals surface area contributed by atoms with Gasteiger partial charge < -0.3 is 9.84 Å². The maximum atomic E-state index is 8.66. The van der Waals surface area contributed by atoms with E-state index in [1.807, 2.05) is 0 Å². The van der Waals surface area contributed by atoms with E-state index in [0.29, 0.717) is 18.8 Å². The van der Waals surface area contributed by atoms with E-state index in [9.17, 15) is 0 Å². The second-order valence-corrected chi connectivity index (χ2v) is 5.70. The van der Waals surface area contributed by atoms with Gasteiger partial charge in [0, 0.05) is 6.61 Å². The highest BCUT2D eigenvalue weighted by Crippen LogP contribution is 2.31. The van der Waals surface area contributed by atoms with E-state index in [1.165, 1.54) is 70.6 Å². The molecule has 2 nitrogen and oxygen atoms in total. The summed E-state index contributed by atoms with van der Waals surface area (Å²) in [5.74, 6) is 0. The van der Waals surface area contributed by atoms with Crippen molar-refractivity contribution in [3.05, 3.63) is 0 Å². The Morgan fingerprint density at radius 1 is 0.722 bits per heavy atom. The molecule has 0 bridgehead atoms. The lowest BCUT2D eigenvalue weighted by atomic mass is 10.0. The van der Waals surface area contributed by atoms with Crippen molar-refractivity contribution >= 4 is 0 Å². The highest BCUT2D eigenvalue weighted by Gasteiger charge is 2.36. The van der Waals surface area contributed by atoms with Crippen LogP contribution < -0.4 is 0 Å². The van der Waals surface area contributed by atoms with Gasteiger partial charge in [-0.3, -0.25) is 0 Å². The Balaban J connectivity index is 1.72. The SMILES string of the molecule is CCCC[C@@H]1O[C@@H]1CCCCCCCCCCO. The Labute approximate surface area is 113 Å². The Kier molecular flexibility index (Phi) is 9.59. The van der Waals surface area contributed by atoms with Crippen LogP contribution in [-0.4, -0.2) is 23.9 Å². The molecule has 0 aromatic rings. The van der Waals surface area contributed by atoms with Crippen molar-refractivity contribution in [2.24, 2.45) is 0 Å². The van der Waals surface area contributed by atoms with E-state index in [2.05, 4.69) is 6.92 Å². The molecule has 0 radical (unpaired) electrons. The van der Waals surface area contributed by atoms with Gasteiger partial charge in [-0.15, -0.1) is 0 Å². The van der Waals surface area contributed by atoms with Gasteiger partial charge in [0.15, 0.2) is 0 Å². The first-order chi connectivity index (χ1) is 8.88. The van der Waals surface area contributed by atoms with Crippen molar-refractivity contribution in [1.29, 1.82) is 0 Å². The molecule has 2 atom stereocenters. The van der Waals surface area contributed by atoms with Crippen LogP contribution in [0.25, 0.3) is 0 Å². The first-order valence-corrected chi connectivity index (χ1v) is 8.14. The van der Waals surface area contributed by atoms with Crippen molar-refractivity contribution in [1.82, 2.24) is 0 Å². The Bertz CT molecular complexity index is 182. The van der Waals surface area contributed by atoms with Gasteiger partial charge in [0.25, 0.3) is 0 Å². The van der Waals surface area contributed by atoms with E-state index < -0.39 is 0 Å². The van der Waals surface area contributed by atoms with Crippen LogP contribution in [-0.2, 0) is 4.74 Å². The number of aliphatic hydroxyl groups excluding tert-OH is 1. The van der Waals surface area contributed by atoms with Gasteiger partial charge in [0.05, 0.1) is 12.2 Å². The summed E-state index contributed by atoms with van der Waals surface area (Å²) in [4.78, 5) is 0. The molecule has 0 aromatic heterocycles. The first-order valence-electron chi connectivity index (χ1n) is 8.14. The van der Waals surface area contributed by atoms with Gasteiger partial charge in [-0.2, -0.15) is 0 Å². The van der Waals surface area contributed by atoms with Crippen LogP contribution >= 0.6 is 0 Å². The molecule has 108 valence electrons. The molecule has 1 fully saturated rings. The van der Waals surface area contributed by atoms with Gasteiger partial charge in [-0.25, -0.2) is 0 Å². The van der Waals surface area contributed by atoms with Crippen LogP contribution in [0.5, 0.6) is 0 Å². The van der Waals surface area contributed by atoms with Gasteiger partial charge in [0.1, 0.15) is 0 Å². The number of ether oxygens (including phenoxy) is 1. The molecule has 0 spiro atoms. The highest BCUT2D eigenvalue weighted by molar-refractivity contribution is 4.84. The topological polar surface area (TPSA) is 32.8 Å². The van der Waals surface area contributed by atoms with Crippen LogP contribution in [0.2, 0.25) is 0 Å². The lowest BCUT2D eigenvalue weighted by Gasteiger charge is -2.01. The third kappa shape index (κ3) is 8.10. The third-order valence-corrected chi connectivity index (χ3v) is 3.93. The molecule has 1 heterocycles. The number of unbranched alkanes of at least 4 members (excludes halogenated alkanes) is 8. The minimum atomic E-state index is 0.362. The molecule has 1 aliphatic rings. The molecule has 0 aliphatic carbocycles. The lowest BCUT2D eigenvalue weighted by Crippen LogP contribution is -1.94. The van der Waals surface area contributed by atoms with Crippen LogP contribution in [0.3, 0.4) is 0 Å². The fourth-order valence-electron chi connectivity index (χ4n) is 2.61. The number of aliphatic hydroxyl groups is 1. The zero-order valence-corrected chi connectivity index (χ0v) is 12.2. The summed E-state index contributed by atoms with van der Waals surface area (Å²) in [5, 5.41) is 8.66. The summed E-state index contributed by atoms with van der Waals surface area (Å²) in [5.41, 5.74) is 0. The second-order valence-electron chi connectivity index (χ2n) is 5.70. The molecule has 2 heteroatoms. The molecule has 1 aliphatic heterocycles. The van der Waals surface area contributed by atoms with E-state index in [4.69, 9.17) is 9.84 Å². The molecule has 1 saturated heterocycles. The molecule has 18 heavy (non-hydrogen) atoms. The van der Waals surface area contributed by atoms with Crippen LogP contribution in [0.15, 0.2) is 0 Å². The van der Waals surface area contributed by atoms with Crippen molar-refractivity contribution in [2.45, 2.75) is 96.2 Å². The molecule has 1 N–H and O–H groups in total. The summed E-state index contributed by atoms with van der Waals surface area (Å²) >= 11 is 0. The molecule has 0 aromatic carbocycles. The maximum Gasteiger partial charge on any atom is 0.0841 e. The molecule has 1 rings (SSSR count). The molecular formula is C16H32O2. The monoisotopic (exact) mass is 256 g/mol. The predicted octanol–water partition coefficient (Wildman–Crippen LogP) is 4.45. The second kappa shape index (κ2) is 10.8. The van der Waals surface area contributed by atoms with Gasteiger partial charge in [-0.1, -0.05) is 64.7 Å². The van der Waals surface area contributed by atoms with E-state index >= 15 is 0 Å². The average molecular weight is 256 g/mol. The van der Waals surface area contributed by atoms with Gasteiger partial charge in [0.2, 0.25) is 0 Å². The number of hydrogen-bond donors (Lipinski definition) is 1. The fourth-order valence-corrected chi connectivity index (χ4v) is 2.61. The van der Waals surface area contributed by atoms with E-state index in [-0.39, 0.29) is 0 Å².